The van der Waals surface area contributed by atoms with Crippen molar-refractivity contribution in [3.63, 3.8) is 0 Å². The molecule has 2 saturated heterocycles. The molecule has 110 valence electrons. The number of likely N-dealkylation sites (tertiary alicyclic amines) is 1. The van der Waals surface area contributed by atoms with Crippen molar-refractivity contribution in [3.8, 4) is 0 Å². The highest BCUT2D eigenvalue weighted by molar-refractivity contribution is 5.90. The van der Waals surface area contributed by atoms with E-state index in [0.717, 1.165) is 18.8 Å². The van der Waals surface area contributed by atoms with Crippen LogP contribution in [0.5, 0.6) is 0 Å². The van der Waals surface area contributed by atoms with Gasteiger partial charge < -0.3 is 14.5 Å². The van der Waals surface area contributed by atoms with E-state index in [9.17, 15) is 4.79 Å². The first-order valence-electron chi connectivity index (χ1n) is 7.41. The summed E-state index contributed by atoms with van der Waals surface area (Å²) < 4.78 is 10.3. The molecule has 2 unspecified atom stereocenters. The van der Waals surface area contributed by atoms with Crippen molar-refractivity contribution in [3.05, 3.63) is 23.7 Å². The molecule has 2 atom stereocenters. The van der Waals surface area contributed by atoms with E-state index in [1.54, 1.807) is 12.3 Å². The summed E-state index contributed by atoms with van der Waals surface area (Å²) in [6.07, 6.45) is 6.54. The number of methoxy groups -OCH3 is 1. The van der Waals surface area contributed by atoms with E-state index in [2.05, 4.69) is 10.2 Å². The Hall–Kier alpha value is -1.33. The van der Waals surface area contributed by atoms with Crippen molar-refractivity contribution in [1.29, 1.82) is 0 Å². The number of rotatable bonds is 4. The topological polar surface area (TPSA) is 54.7 Å². The predicted octanol–water partition coefficient (Wildman–Crippen LogP) is 1.78. The van der Waals surface area contributed by atoms with Crippen LogP contribution >= 0.6 is 0 Å². The minimum Gasteiger partial charge on any atom is -0.467 e. The Kier molecular flexibility index (Phi) is 4.08. The van der Waals surface area contributed by atoms with Gasteiger partial charge in [0.1, 0.15) is 11.3 Å². The van der Waals surface area contributed by atoms with Crippen molar-refractivity contribution in [2.75, 3.05) is 20.2 Å². The lowest BCUT2D eigenvalue weighted by Gasteiger charge is -2.28. The smallest absolute Gasteiger partial charge is 0.341 e. The van der Waals surface area contributed by atoms with Crippen LogP contribution in [-0.4, -0.2) is 43.2 Å². The van der Waals surface area contributed by atoms with E-state index in [-0.39, 0.29) is 5.97 Å². The van der Waals surface area contributed by atoms with E-state index in [0.29, 0.717) is 24.2 Å². The second-order valence-electron chi connectivity index (χ2n) is 5.63. The van der Waals surface area contributed by atoms with Gasteiger partial charge in [-0.25, -0.2) is 4.79 Å². The Morgan fingerprint density at radius 3 is 3.15 bits per heavy atom. The molecule has 2 aliphatic heterocycles. The maximum absolute atomic E-state index is 11.7. The van der Waals surface area contributed by atoms with Gasteiger partial charge in [-0.3, -0.25) is 4.90 Å². The van der Waals surface area contributed by atoms with Gasteiger partial charge >= 0.3 is 5.97 Å². The number of nitrogens with zero attached hydrogens (tertiary/aromatic N) is 1. The summed E-state index contributed by atoms with van der Waals surface area (Å²) >= 11 is 0. The second kappa shape index (κ2) is 5.97. The Labute approximate surface area is 119 Å². The van der Waals surface area contributed by atoms with Gasteiger partial charge in [0.2, 0.25) is 0 Å². The lowest BCUT2D eigenvalue weighted by molar-refractivity contribution is 0.0595. The van der Waals surface area contributed by atoms with Crippen LogP contribution < -0.4 is 5.32 Å². The maximum Gasteiger partial charge on any atom is 0.341 e. The maximum atomic E-state index is 11.7. The molecule has 1 aromatic rings. The molecule has 3 heterocycles. The van der Waals surface area contributed by atoms with Crippen LogP contribution in [0.1, 0.15) is 41.8 Å². The molecule has 2 fully saturated rings. The molecular weight excluding hydrogens is 256 g/mol. The average Bonchev–Trinajstić information content (AvgIpc) is 3.19. The van der Waals surface area contributed by atoms with Crippen molar-refractivity contribution in [1.82, 2.24) is 10.2 Å². The summed E-state index contributed by atoms with van der Waals surface area (Å²) in [7, 11) is 1.40. The van der Waals surface area contributed by atoms with Gasteiger partial charge in [-0.2, -0.15) is 0 Å². The molecule has 3 rings (SSSR count). The number of nitrogens with one attached hydrogen (secondary N) is 1. The van der Waals surface area contributed by atoms with Crippen LogP contribution in [0.4, 0.5) is 0 Å². The van der Waals surface area contributed by atoms with Crippen molar-refractivity contribution < 1.29 is 13.9 Å². The zero-order chi connectivity index (χ0) is 13.9. The number of carbonyl (C=O) groups excluding carboxylic acids is 1. The van der Waals surface area contributed by atoms with Crippen LogP contribution in [0, 0.1) is 0 Å². The predicted molar refractivity (Wildman–Crippen MR) is 74.5 cm³/mol. The van der Waals surface area contributed by atoms with E-state index in [4.69, 9.17) is 9.15 Å². The molecular formula is C15H22N2O3. The molecule has 2 aliphatic rings. The van der Waals surface area contributed by atoms with Crippen LogP contribution in [0.3, 0.4) is 0 Å². The fraction of sp³-hybridized carbons (Fsp3) is 0.667. The zero-order valence-corrected chi connectivity index (χ0v) is 11.9. The number of hydrogen-bond acceptors (Lipinski definition) is 5. The molecule has 0 radical (unpaired) electrons. The van der Waals surface area contributed by atoms with Gasteiger partial charge in [-0.05, 0) is 44.8 Å². The van der Waals surface area contributed by atoms with Gasteiger partial charge in [-0.1, -0.05) is 0 Å². The summed E-state index contributed by atoms with van der Waals surface area (Å²) in [5.74, 6) is 0.408. The van der Waals surface area contributed by atoms with Gasteiger partial charge in [0.25, 0.3) is 0 Å². The summed E-state index contributed by atoms with van der Waals surface area (Å²) in [6, 6.07) is 2.85. The SMILES string of the molecule is COC(=O)c1ccoc1CN1CCCC1C1CCCN1. The Bertz CT molecular complexity index is 465. The Morgan fingerprint density at radius 1 is 1.50 bits per heavy atom. The molecule has 5 nitrogen and oxygen atoms in total. The van der Waals surface area contributed by atoms with Crippen LogP contribution in [0.2, 0.25) is 0 Å². The average molecular weight is 278 g/mol. The third kappa shape index (κ3) is 2.60. The van der Waals surface area contributed by atoms with Gasteiger partial charge in [0.15, 0.2) is 0 Å². The number of hydrogen-bond donors (Lipinski definition) is 1. The first-order chi connectivity index (χ1) is 9.79. The molecule has 0 saturated carbocycles. The number of carbonyl (C=O) groups is 1. The van der Waals surface area contributed by atoms with E-state index < -0.39 is 0 Å². The summed E-state index contributed by atoms with van der Waals surface area (Å²) in [6.45, 7) is 2.90. The molecule has 0 spiro atoms. The Morgan fingerprint density at radius 2 is 2.40 bits per heavy atom. The minimum atomic E-state index is -0.316. The molecule has 1 N–H and O–H groups in total. The molecule has 0 aliphatic carbocycles. The van der Waals surface area contributed by atoms with Crippen molar-refractivity contribution >= 4 is 5.97 Å². The Balaban J connectivity index is 1.70. The number of esters is 1. The lowest BCUT2D eigenvalue weighted by atomic mass is 10.0. The van der Waals surface area contributed by atoms with Gasteiger partial charge in [-0.15, -0.1) is 0 Å². The lowest BCUT2D eigenvalue weighted by Crippen LogP contribution is -2.43. The molecule has 0 bridgehead atoms. The summed E-state index contributed by atoms with van der Waals surface area (Å²) in [5.41, 5.74) is 0.553. The van der Waals surface area contributed by atoms with Gasteiger partial charge in [0, 0.05) is 12.1 Å². The van der Waals surface area contributed by atoms with Crippen molar-refractivity contribution in [2.24, 2.45) is 0 Å². The molecule has 5 heteroatoms. The van der Waals surface area contributed by atoms with Gasteiger partial charge in [0.05, 0.1) is 19.9 Å². The highest BCUT2D eigenvalue weighted by Gasteiger charge is 2.34. The van der Waals surface area contributed by atoms with E-state index in [1.165, 1.54) is 32.8 Å². The summed E-state index contributed by atoms with van der Waals surface area (Å²) in [5, 5.41) is 3.59. The fourth-order valence-corrected chi connectivity index (χ4v) is 3.48. The number of furan rings is 1. The van der Waals surface area contributed by atoms with Crippen molar-refractivity contribution in [2.45, 2.75) is 44.3 Å². The highest BCUT2D eigenvalue weighted by Crippen LogP contribution is 2.27. The van der Waals surface area contributed by atoms with E-state index >= 15 is 0 Å². The molecule has 20 heavy (non-hydrogen) atoms. The highest BCUT2D eigenvalue weighted by atomic mass is 16.5. The third-order valence-electron chi connectivity index (χ3n) is 4.47. The zero-order valence-electron chi connectivity index (χ0n) is 11.9. The van der Waals surface area contributed by atoms with E-state index in [1.807, 2.05) is 0 Å². The number of ether oxygens (including phenoxy) is 1. The normalized spacial score (nSPS) is 27.1. The fourth-order valence-electron chi connectivity index (χ4n) is 3.48. The molecule has 1 aromatic heterocycles. The molecule has 0 aromatic carbocycles. The monoisotopic (exact) mass is 278 g/mol. The van der Waals surface area contributed by atoms with Crippen LogP contribution in [0.15, 0.2) is 16.7 Å². The van der Waals surface area contributed by atoms with Crippen LogP contribution in [0.25, 0.3) is 0 Å². The third-order valence-corrected chi connectivity index (χ3v) is 4.47. The molecule has 0 amide bonds. The summed E-state index contributed by atoms with van der Waals surface area (Å²) in [4.78, 5) is 14.1. The quantitative estimate of drug-likeness (QED) is 0.851. The second-order valence-corrected chi connectivity index (χ2v) is 5.63. The first kappa shape index (κ1) is 13.6. The first-order valence-corrected chi connectivity index (χ1v) is 7.41. The largest absolute Gasteiger partial charge is 0.467 e. The minimum absolute atomic E-state index is 0.316. The van der Waals surface area contributed by atoms with Crippen LogP contribution in [-0.2, 0) is 11.3 Å². The standard InChI is InChI=1S/C15H22N2O3/c1-19-15(18)11-6-9-20-14(11)10-17-8-3-5-13(17)12-4-2-7-16-12/h6,9,12-13,16H,2-5,7-8,10H2,1H3.